The van der Waals surface area contributed by atoms with Crippen LogP contribution >= 0.6 is 0 Å². The van der Waals surface area contributed by atoms with E-state index in [4.69, 9.17) is 4.42 Å². The van der Waals surface area contributed by atoms with E-state index in [9.17, 15) is 4.39 Å². The lowest BCUT2D eigenvalue weighted by atomic mass is 10.2. The number of hydrogen-bond acceptors (Lipinski definition) is 4. The zero-order chi connectivity index (χ0) is 16.4. The first-order chi connectivity index (χ1) is 11.8. The fraction of sp³-hybridized carbons (Fsp3) is 0. The molecule has 6 heteroatoms. The highest BCUT2D eigenvalue weighted by atomic mass is 19.1. The van der Waals surface area contributed by atoms with Gasteiger partial charge in [-0.25, -0.2) is 14.8 Å². The summed E-state index contributed by atoms with van der Waals surface area (Å²) in [6.45, 7) is 0. The molecule has 0 aliphatic carbocycles. The van der Waals surface area contributed by atoms with Crippen LogP contribution in [0.15, 0.2) is 70.2 Å². The number of anilines is 1. The van der Waals surface area contributed by atoms with Gasteiger partial charge in [-0.05, 0) is 48.5 Å². The molecule has 4 aromatic rings. The average Bonchev–Trinajstić information content (AvgIpc) is 3.22. The van der Waals surface area contributed by atoms with E-state index < -0.39 is 0 Å². The third kappa shape index (κ3) is 2.89. The van der Waals surface area contributed by atoms with Gasteiger partial charge in [-0.2, -0.15) is 5.10 Å². The van der Waals surface area contributed by atoms with Gasteiger partial charge in [0.1, 0.15) is 17.3 Å². The Balaban J connectivity index is 1.47. The van der Waals surface area contributed by atoms with Crippen molar-refractivity contribution in [2.45, 2.75) is 0 Å². The highest BCUT2D eigenvalue weighted by molar-refractivity contribution is 5.79. The second-order valence-electron chi connectivity index (χ2n) is 5.18. The summed E-state index contributed by atoms with van der Waals surface area (Å²) >= 11 is 0. The molecule has 4 rings (SSSR count). The zero-order valence-corrected chi connectivity index (χ0v) is 12.5. The number of aromatic nitrogens is 2. The van der Waals surface area contributed by atoms with Crippen molar-refractivity contribution in [3.05, 3.63) is 72.2 Å². The second kappa shape index (κ2) is 6.00. The lowest BCUT2D eigenvalue weighted by Crippen LogP contribution is -1.91. The molecule has 2 N–H and O–H groups in total. The summed E-state index contributed by atoms with van der Waals surface area (Å²) in [6.07, 6.45) is 1.56. The largest absolute Gasteiger partial charge is 0.455 e. The van der Waals surface area contributed by atoms with Crippen LogP contribution < -0.4 is 5.43 Å². The summed E-state index contributed by atoms with van der Waals surface area (Å²) in [4.78, 5) is 7.47. The topological polar surface area (TPSA) is 66.2 Å². The van der Waals surface area contributed by atoms with Gasteiger partial charge in [-0.1, -0.05) is 12.1 Å². The third-order valence-electron chi connectivity index (χ3n) is 3.51. The van der Waals surface area contributed by atoms with Gasteiger partial charge in [0, 0.05) is 5.56 Å². The Morgan fingerprint density at radius 1 is 1.04 bits per heavy atom. The molecule has 0 aliphatic heterocycles. The summed E-state index contributed by atoms with van der Waals surface area (Å²) in [5.74, 6) is 1.51. The molecule has 0 spiro atoms. The van der Waals surface area contributed by atoms with Crippen LogP contribution in [0, 0.1) is 5.82 Å². The van der Waals surface area contributed by atoms with E-state index in [1.165, 1.54) is 12.1 Å². The molecule has 0 bridgehead atoms. The van der Waals surface area contributed by atoms with Gasteiger partial charge >= 0.3 is 0 Å². The van der Waals surface area contributed by atoms with Crippen LogP contribution in [0.1, 0.15) is 5.76 Å². The van der Waals surface area contributed by atoms with Crippen molar-refractivity contribution >= 4 is 23.2 Å². The minimum atomic E-state index is -0.276. The lowest BCUT2D eigenvalue weighted by molar-refractivity contribution is 0.574. The molecule has 0 aliphatic rings. The summed E-state index contributed by atoms with van der Waals surface area (Å²) in [6, 6.07) is 17.5. The van der Waals surface area contributed by atoms with Gasteiger partial charge in [0.05, 0.1) is 17.2 Å². The van der Waals surface area contributed by atoms with Crippen LogP contribution in [-0.2, 0) is 0 Å². The molecule has 5 nitrogen and oxygen atoms in total. The van der Waals surface area contributed by atoms with E-state index in [0.717, 1.165) is 16.6 Å². The molecule has 0 saturated carbocycles. The smallest absolute Gasteiger partial charge is 0.222 e. The number of H-pyrrole nitrogens is 1. The van der Waals surface area contributed by atoms with Crippen molar-refractivity contribution in [3.8, 4) is 11.3 Å². The summed E-state index contributed by atoms with van der Waals surface area (Å²) < 4.78 is 18.6. The second-order valence-corrected chi connectivity index (χ2v) is 5.18. The number of nitrogens with one attached hydrogen (secondary N) is 2. The minimum Gasteiger partial charge on any atom is -0.455 e. The average molecular weight is 320 g/mol. The van der Waals surface area contributed by atoms with Gasteiger partial charge in [-0.3, -0.25) is 0 Å². The molecule has 24 heavy (non-hydrogen) atoms. The monoisotopic (exact) mass is 320 g/mol. The number of fused-ring (bicyclic) bond motifs is 1. The van der Waals surface area contributed by atoms with Crippen LogP contribution in [0.3, 0.4) is 0 Å². The van der Waals surface area contributed by atoms with Crippen molar-refractivity contribution in [1.82, 2.24) is 9.97 Å². The predicted molar refractivity (Wildman–Crippen MR) is 91.4 cm³/mol. The van der Waals surface area contributed by atoms with Crippen LogP contribution in [0.2, 0.25) is 0 Å². The van der Waals surface area contributed by atoms with E-state index in [0.29, 0.717) is 17.5 Å². The number of benzene rings is 2. The van der Waals surface area contributed by atoms with Gasteiger partial charge < -0.3 is 9.40 Å². The van der Waals surface area contributed by atoms with Gasteiger partial charge in [0.15, 0.2) is 0 Å². The van der Waals surface area contributed by atoms with Crippen LogP contribution in [-0.4, -0.2) is 16.2 Å². The highest BCUT2D eigenvalue weighted by Crippen LogP contribution is 2.21. The quantitative estimate of drug-likeness (QED) is 0.432. The van der Waals surface area contributed by atoms with Gasteiger partial charge in [0.2, 0.25) is 5.95 Å². The number of imidazole rings is 1. The Bertz CT molecular complexity index is 968. The molecule has 2 aromatic carbocycles. The first-order valence-electron chi connectivity index (χ1n) is 7.37. The van der Waals surface area contributed by atoms with Crippen LogP contribution in [0.5, 0.6) is 0 Å². The number of furan rings is 1. The van der Waals surface area contributed by atoms with E-state index in [2.05, 4.69) is 20.5 Å². The number of aromatic amines is 1. The van der Waals surface area contributed by atoms with Crippen molar-refractivity contribution < 1.29 is 8.81 Å². The molecule has 0 fully saturated rings. The van der Waals surface area contributed by atoms with Gasteiger partial charge in [0.25, 0.3) is 0 Å². The zero-order valence-electron chi connectivity index (χ0n) is 12.5. The number of nitrogens with zero attached hydrogens (tertiary/aromatic N) is 2. The van der Waals surface area contributed by atoms with E-state index in [1.54, 1.807) is 24.4 Å². The van der Waals surface area contributed by atoms with E-state index in [1.807, 2.05) is 30.3 Å². The third-order valence-corrected chi connectivity index (χ3v) is 3.51. The van der Waals surface area contributed by atoms with Crippen molar-refractivity contribution in [2.75, 3.05) is 5.43 Å². The molecule has 0 unspecified atom stereocenters. The standard InChI is InChI=1S/C18H13FN4O/c19-13-7-5-12(6-8-13)17-10-9-14(24-17)11-20-23-18-21-15-3-1-2-4-16(15)22-18/h1-11H,(H2,21,22,23)/b20-11-. The fourth-order valence-electron chi connectivity index (χ4n) is 2.35. The Hall–Kier alpha value is -3.41. The number of hydrogen-bond donors (Lipinski definition) is 2. The van der Waals surface area contributed by atoms with Crippen LogP contribution in [0.4, 0.5) is 10.3 Å². The summed E-state index contributed by atoms with van der Waals surface area (Å²) in [5, 5.41) is 4.11. The minimum absolute atomic E-state index is 0.276. The Labute approximate surface area is 136 Å². The molecular formula is C18H13FN4O. The Morgan fingerprint density at radius 3 is 2.71 bits per heavy atom. The molecule has 118 valence electrons. The molecule has 0 atom stereocenters. The first kappa shape index (κ1) is 14.2. The SMILES string of the molecule is Fc1ccc(-c2ccc(/C=N\Nc3nc4ccccc4[nH]3)o2)cc1. The van der Waals surface area contributed by atoms with E-state index in [-0.39, 0.29) is 5.82 Å². The number of para-hydroxylation sites is 2. The van der Waals surface area contributed by atoms with Gasteiger partial charge in [-0.15, -0.1) is 0 Å². The number of halogens is 1. The Kier molecular flexibility index (Phi) is 3.55. The first-order valence-corrected chi connectivity index (χ1v) is 7.37. The summed E-state index contributed by atoms with van der Waals surface area (Å²) in [7, 11) is 0. The molecule has 2 aromatic heterocycles. The molecule has 0 saturated heterocycles. The molecule has 0 amide bonds. The maximum absolute atomic E-state index is 12.9. The van der Waals surface area contributed by atoms with Crippen molar-refractivity contribution in [2.24, 2.45) is 5.10 Å². The number of hydrazone groups is 1. The lowest BCUT2D eigenvalue weighted by Gasteiger charge is -1.96. The number of rotatable bonds is 4. The van der Waals surface area contributed by atoms with Crippen LogP contribution in [0.25, 0.3) is 22.4 Å². The Morgan fingerprint density at radius 2 is 1.88 bits per heavy atom. The summed E-state index contributed by atoms with van der Waals surface area (Å²) in [5.41, 5.74) is 5.44. The highest BCUT2D eigenvalue weighted by Gasteiger charge is 2.04. The molecular weight excluding hydrogens is 307 g/mol. The molecule has 0 radical (unpaired) electrons. The van der Waals surface area contributed by atoms with Crippen molar-refractivity contribution in [1.29, 1.82) is 0 Å². The normalized spacial score (nSPS) is 11.4. The van der Waals surface area contributed by atoms with Crippen molar-refractivity contribution in [3.63, 3.8) is 0 Å². The fourth-order valence-corrected chi connectivity index (χ4v) is 2.35. The maximum atomic E-state index is 12.9. The van der Waals surface area contributed by atoms with E-state index >= 15 is 0 Å². The maximum Gasteiger partial charge on any atom is 0.222 e. The predicted octanol–water partition coefficient (Wildman–Crippen LogP) is 4.41. The molecule has 2 heterocycles.